The van der Waals surface area contributed by atoms with Crippen LogP contribution < -0.4 is 4.74 Å². The van der Waals surface area contributed by atoms with E-state index < -0.39 is 0 Å². The Hall–Kier alpha value is -4.07. The predicted molar refractivity (Wildman–Crippen MR) is 117 cm³/mol. The lowest BCUT2D eigenvalue weighted by Gasteiger charge is -2.05. The van der Waals surface area contributed by atoms with Crippen LogP contribution >= 0.6 is 0 Å². The SMILES string of the molecule is CCCOc1cccc(-c2cc(Cn3cc4nc(-c5ccccc5F)nc-4cn3)on2)c1. The Morgan fingerprint density at radius 1 is 1.00 bits per heavy atom. The number of aromatic nitrogens is 5. The second kappa shape index (κ2) is 8.58. The number of nitrogens with zero attached hydrogens (tertiary/aromatic N) is 5. The molecule has 1 aromatic heterocycles. The number of imidazole rings is 1. The minimum absolute atomic E-state index is 0.338. The van der Waals surface area contributed by atoms with Crippen LogP contribution in [-0.2, 0) is 6.54 Å². The zero-order chi connectivity index (χ0) is 21.9. The summed E-state index contributed by atoms with van der Waals surface area (Å²) >= 11 is 0. The second-order valence-electron chi connectivity index (χ2n) is 7.32. The summed E-state index contributed by atoms with van der Waals surface area (Å²) in [7, 11) is 0. The Balaban J connectivity index is 1.36. The molecule has 3 heterocycles. The third-order valence-corrected chi connectivity index (χ3v) is 4.91. The fourth-order valence-electron chi connectivity index (χ4n) is 3.36. The van der Waals surface area contributed by atoms with E-state index in [9.17, 15) is 4.39 Å². The maximum atomic E-state index is 14.1. The molecule has 2 aliphatic rings. The number of rotatable bonds is 7. The first-order valence-corrected chi connectivity index (χ1v) is 10.3. The Morgan fingerprint density at radius 3 is 2.75 bits per heavy atom. The molecule has 0 bridgehead atoms. The van der Waals surface area contributed by atoms with E-state index in [2.05, 4.69) is 27.1 Å². The van der Waals surface area contributed by atoms with Gasteiger partial charge >= 0.3 is 0 Å². The maximum absolute atomic E-state index is 14.1. The summed E-state index contributed by atoms with van der Waals surface area (Å²) < 4.78 is 27.0. The fourth-order valence-corrected chi connectivity index (χ4v) is 3.36. The van der Waals surface area contributed by atoms with Crippen molar-refractivity contribution in [3.05, 3.63) is 78.6 Å². The molecule has 0 radical (unpaired) electrons. The largest absolute Gasteiger partial charge is 0.494 e. The molecule has 3 aromatic rings. The number of ether oxygens (including phenoxy) is 1. The van der Waals surface area contributed by atoms with Gasteiger partial charge in [0.25, 0.3) is 0 Å². The van der Waals surface area contributed by atoms with E-state index in [0.29, 0.717) is 41.7 Å². The van der Waals surface area contributed by atoms with Crippen molar-refractivity contribution >= 4 is 0 Å². The number of fused-ring (bicyclic) bond motifs is 1. The molecule has 7 nitrogen and oxygen atoms in total. The Bertz CT molecular complexity index is 1330. The number of benzene rings is 2. The van der Waals surface area contributed by atoms with Crippen LogP contribution in [0.1, 0.15) is 19.1 Å². The topological polar surface area (TPSA) is 78.9 Å². The average molecular weight is 429 g/mol. The molecule has 0 aliphatic carbocycles. The third kappa shape index (κ3) is 4.07. The zero-order valence-electron chi connectivity index (χ0n) is 17.4. The van der Waals surface area contributed by atoms with Gasteiger partial charge in [0.1, 0.15) is 35.2 Å². The monoisotopic (exact) mass is 429 g/mol. The minimum atomic E-state index is -0.359. The molecular formula is C24H20FN5O2. The van der Waals surface area contributed by atoms with E-state index in [4.69, 9.17) is 9.26 Å². The van der Waals surface area contributed by atoms with Gasteiger partial charge in [-0.25, -0.2) is 14.4 Å². The summed E-state index contributed by atoms with van der Waals surface area (Å²) in [6.45, 7) is 3.11. The molecular weight excluding hydrogens is 409 g/mol. The van der Waals surface area contributed by atoms with Crippen LogP contribution in [-0.4, -0.2) is 31.5 Å². The summed E-state index contributed by atoms with van der Waals surface area (Å²) in [5.41, 5.74) is 3.22. The van der Waals surface area contributed by atoms with Gasteiger partial charge < -0.3 is 9.26 Å². The van der Waals surface area contributed by atoms with E-state index in [1.807, 2.05) is 30.3 Å². The number of hydrogen-bond acceptors (Lipinski definition) is 6. The molecule has 0 amide bonds. The van der Waals surface area contributed by atoms with E-state index in [0.717, 1.165) is 23.4 Å². The van der Waals surface area contributed by atoms with Crippen molar-refractivity contribution in [3.63, 3.8) is 0 Å². The summed E-state index contributed by atoms with van der Waals surface area (Å²) in [5, 5.41) is 8.55. The quantitative estimate of drug-likeness (QED) is 0.359. The van der Waals surface area contributed by atoms with Gasteiger partial charge in [-0.2, -0.15) is 5.10 Å². The van der Waals surface area contributed by atoms with Gasteiger partial charge in [-0.3, -0.25) is 4.68 Å². The van der Waals surface area contributed by atoms with Gasteiger partial charge in [0.05, 0.1) is 24.6 Å². The van der Waals surface area contributed by atoms with E-state index >= 15 is 0 Å². The lowest BCUT2D eigenvalue weighted by molar-refractivity contribution is 0.317. The van der Waals surface area contributed by atoms with Crippen LogP contribution in [0.15, 0.2) is 71.5 Å². The van der Waals surface area contributed by atoms with E-state index in [1.54, 1.807) is 35.3 Å². The van der Waals surface area contributed by atoms with Crippen LogP contribution in [0, 0.1) is 5.82 Å². The average Bonchev–Trinajstić information content (AvgIpc) is 3.45. The molecule has 160 valence electrons. The molecule has 0 N–H and O–H groups in total. The van der Waals surface area contributed by atoms with Gasteiger partial charge in [0.2, 0.25) is 0 Å². The number of halogens is 1. The molecule has 0 atom stereocenters. The summed E-state index contributed by atoms with van der Waals surface area (Å²) in [6.07, 6.45) is 4.31. The van der Waals surface area contributed by atoms with Crippen LogP contribution in [0.25, 0.3) is 34.0 Å². The molecule has 0 spiro atoms. The second-order valence-corrected chi connectivity index (χ2v) is 7.32. The first-order valence-electron chi connectivity index (χ1n) is 10.3. The van der Waals surface area contributed by atoms with Crippen LogP contribution in [0.2, 0.25) is 0 Å². The van der Waals surface area contributed by atoms with Crippen molar-refractivity contribution < 1.29 is 13.7 Å². The maximum Gasteiger partial charge on any atom is 0.163 e. The van der Waals surface area contributed by atoms with Gasteiger partial charge in [-0.15, -0.1) is 0 Å². The molecule has 0 saturated carbocycles. The minimum Gasteiger partial charge on any atom is -0.494 e. The van der Waals surface area contributed by atoms with Crippen molar-refractivity contribution in [2.75, 3.05) is 6.61 Å². The first kappa shape index (κ1) is 19.9. The van der Waals surface area contributed by atoms with Gasteiger partial charge in [-0.1, -0.05) is 36.3 Å². The fraction of sp³-hybridized carbons (Fsp3) is 0.167. The van der Waals surface area contributed by atoms with Crippen LogP contribution in [0.3, 0.4) is 0 Å². The Morgan fingerprint density at radius 2 is 1.88 bits per heavy atom. The highest BCUT2D eigenvalue weighted by Crippen LogP contribution is 2.27. The van der Waals surface area contributed by atoms with Crippen LogP contribution in [0.4, 0.5) is 4.39 Å². The highest BCUT2D eigenvalue weighted by Gasteiger charge is 2.16. The predicted octanol–water partition coefficient (Wildman–Crippen LogP) is 5.08. The molecule has 2 aromatic carbocycles. The van der Waals surface area contributed by atoms with Gasteiger partial charge in [0, 0.05) is 11.6 Å². The molecule has 32 heavy (non-hydrogen) atoms. The molecule has 2 aliphatic heterocycles. The van der Waals surface area contributed by atoms with Crippen molar-refractivity contribution in [3.8, 4) is 39.8 Å². The Labute approximate surface area is 183 Å². The summed E-state index contributed by atoms with van der Waals surface area (Å²) in [4.78, 5) is 8.85. The normalized spacial score (nSPS) is 11.2. The van der Waals surface area contributed by atoms with Gasteiger partial charge in [0.15, 0.2) is 11.6 Å². The lowest BCUT2D eigenvalue weighted by Crippen LogP contribution is -2.04. The molecule has 8 heteroatoms. The van der Waals surface area contributed by atoms with Crippen molar-refractivity contribution in [2.45, 2.75) is 19.9 Å². The van der Waals surface area contributed by atoms with Gasteiger partial charge in [-0.05, 0) is 30.7 Å². The lowest BCUT2D eigenvalue weighted by atomic mass is 10.1. The molecule has 0 unspecified atom stereocenters. The van der Waals surface area contributed by atoms with Crippen molar-refractivity contribution in [1.82, 2.24) is 24.9 Å². The number of hydrogen-bond donors (Lipinski definition) is 0. The summed E-state index contributed by atoms with van der Waals surface area (Å²) in [5.74, 6) is 1.42. The smallest absolute Gasteiger partial charge is 0.163 e. The zero-order valence-corrected chi connectivity index (χ0v) is 17.4. The van der Waals surface area contributed by atoms with E-state index in [1.165, 1.54) is 6.07 Å². The van der Waals surface area contributed by atoms with Crippen molar-refractivity contribution in [1.29, 1.82) is 0 Å². The van der Waals surface area contributed by atoms with Crippen molar-refractivity contribution in [2.24, 2.45) is 0 Å². The highest BCUT2D eigenvalue weighted by atomic mass is 19.1. The third-order valence-electron chi connectivity index (χ3n) is 4.91. The summed E-state index contributed by atoms with van der Waals surface area (Å²) in [6, 6.07) is 16.1. The van der Waals surface area contributed by atoms with E-state index in [-0.39, 0.29) is 5.82 Å². The molecule has 5 rings (SSSR count). The first-order chi connectivity index (χ1) is 15.7. The highest BCUT2D eigenvalue weighted by molar-refractivity contribution is 5.65. The molecule has 0 saturated heterocycles. The Kier molecular flexibility index (Phi) is 5.33. The van der Waals surface area contributed by atoms with Crippen LogP contribution in [0.5, 0.6) is 5.75 Å². The molecule has 0 fully saturated rings. The standard InChI is InChI=1S/C24H20FN5O2/c1-2-10-31-17-7-5-6-16(11-17)21-12-18(32-29-21)14-30-15-23-22(13-26-30)27-24(28-23)19-8-3-4-9-20(19)25/h3-9,11-13,15H,2,10,14H2,1H3.